The second kappa shape index (κ2) is 7.76. The largest absolute Gasteiger partial charge is 0.460 e. The van der Waals surface area contributed by atoms with Crippen LogP contribution in [-0.4, -0.2) is 38.0 Å². The molecule has 76 valence electrons. The van der Waals surface area contributed by atoms with Gasteiger partial charge in [0.25, 0.3) is 0 Å². The second-order valence-electron chi connectivity index (χ2n) is 2.53. The first kappa shape index (κ1) is 12.1. The van der Waals surface area contributed by atoms with Crippen molar-refractivity contribution in [3.05, 3.63) is 11.6 Å². The SMILES string of the molecule is COCCC=C(C)C(=O)OCCO. The number of aliphatic hydroxyl groups excluding tert-OH is 1. The first-order valence-corrected chi connectivity index (χ1v) is 4.16. The number of hydrogen-bond acceptors (Lipinski definition) is 4. The lowest BCUT2D eigenvalue weighted by atomic mass is 10.2. The standard InChI is InChI=1S/C9H16O4/c1-8(4-3-6-12-2)9(11)13-7-5-10/h4,10H,3,5-7H2,1-2H3. The van der Waals surface area contributed by atoms with E-state index in [0.717, 1.165) is 0 Å². The lowest BCUT2D eigenvalue weighted by Gasteiger charge is -2.02. The Balaban J connectivity index is 3.72. The van der Waals surface area contributed by atoms with E-state index < -0.39 is 0 Å². The third-order valence-electron chi connectivity index (χ3n) is 1.42. The number of aliphatic hydroxyl groups is 1. The predicted molar refractivity (Wildman–Crippen MR) is 48.3 cm³/mol. The molecule has 0 saturated heterocycles. The Morgan fingerprint density at radius 2 is 2.15 bits per heavy atom. The van der Waals surface area contributed by atoms with Gasteiger partial charge in [-0.25, -0.2) is 4.79 Å². The minimum absolute atomic E-state index is 0.0499. The van der Waals surface area contributed by atoms with Gasteiger partial charge in [-0.15, -0.1) is 0 Å². The second-order valence-corrected chi connectivity index (χ2v) is 2.53. The summed E-state index contributed by atoms with van der Waals surface area (Å²) in [5, 5.41) is 8.39. The van der Waals surface area contributed by atoms with Crippen molar-refractivity contribution in [3.63, 3.8) is 0 Å². The average molecular weight is 188 g/mol. The number of hydrogen-bond donors (Lipinski definition) is 1. The molecule has 0 atom stereocenters. The average Bonchev–Trinajstić information content (AvgIpc) is 2.14. The first-order valence-electron chi connectivity index (χ1n) is 4.16. The smallest absolute Gasteiger partial charge is 0.333 e. The van der Waals surface area contributed by atoms with Gasteiger partial charge in [0, 0.05) is 19.3 Å². The Kier molecular flexibility index (Phi) is 7.24. The van der Waals surface area contributed by atoms with E-state index >= 15 is 0 Å². The van der Waals surface area contributed by atoms with Crippen molar-refractivity contribution >= 4 is 5.97 Å². The Hall–Kier alpha value is -0.870. The molecule has 0 radical (unpaired) electrons. The summed E-state index contributed by atoms with van der Waals surface area (Å²) in [4.78, 5) is 11.1. The van der Waals surface area contributed by atoms with Gasteiger partial charge in [-0.3, -0.25) is 0 Å². The number of ether oxygens (including phenoxy) is 2. The van der Waals surface area contributed by atoms with Crippen molar-refractivity contribution in [1.29, 1.82) is 0 Å². The third kappa shape index (κ3) is 6.31. The van der Waals surface area contributed by atoms with Gasteiger partial charge in [0.2, 0.25) is 0 Å². The monoisotopic (exact) mass is 188 g/mol. The Bertz CT molecular complexity index is 174. The van der Waals surface area contributed by atoms with Crippen molar-refractivity contribution in [2.24, 2.45) is 0 Å². The van der Waals surface area contributed by atoms with Crippen molar-refractivity contribution in [1.82, 2.24) is 0 Å². The van der Waals surface area contributed by atoms with Crippen LogP contribution in [0.15, 0.2) is 11.6 Å². The molecular weight excluding hydrogens is 172 g/mol. The van der Waals surface area contributed by atoms with Crippen LogP contribution < -0.4 is 0 Å². The molecule has 0 bridgehead atoms. The highest BCUT2D eigenvalue weighted by Crippen LogP contribution is 1.98. The summed E-state index contributed by atoms with van der Waals surface area (Å²) in [6.45, 7) is 2.17. The summed E-state index contributed by atoms with van der Waals surface area (Å²) in [5.41, 5.74) is 0.547. The molecule has 0 spiro atoms. The van der Waals surface area contributed by atoms with E-state index in [0.29, 0.717) is 18.6 Å². The molecule has 13 heavy (non-hydrogen) atoms. The van der Waals surface area contributed by atoms with Crippen LogP contribution >= 0.6 is 0 Å². The fourth-order valence-corrected chi connectivity index (χ4v) is 0.729. The van der Waals surface area contributed by atoms with Crippen LogP contribution in [0.1, 0.15) is 13.3 Å². The number of carbonyl (C=O) groups excluding carboxylic acids is 1. The van der Waals surface area contributed by atoms with Crippen molar-refractivity contribution in [2.45, 2.75) is 13.3 Å². The van der Waals surface area contributed by atoms with Gasteiger partial charge in [0.15, 0.2) is 0 Å². The molecule has 0 aliphatic heterocycles. The van der Waals surface area contributed by atoms with Crippen LogP contribution in [0.3, 0.4) is 0 Å². The molecule has 4 heteroatoms. The molecular formula is C9H16O4. The molecule has 0 aromatic rings. The van der Waals surface area contributed by atoms with Gasteiger partial charge in [0.05, 0.1) is 6.61 Å². The zero-order chi connectivity index (χ0) is 10.1. The van der Waals surface area contributed by atoms with E-state index in [2.05, 4.69) is 4.74 Å². The number of rotatable bonds is 6. The van der Waals surface area contributed by atoms with Crippen molar-refractivity contribution in [3.8, 4) is 0 Å². The van der Waals surface area contributed by atoms with E-state index in [-0.39, 0.29) is 19.2 Å². The third-order valence-corrected chi connectivity index (χ3v) is 1.42. The number of methoxy groups -OCH3 is 1. The zero-order valence-corrected chi connectivity index (χ0v) is 8.08. The highest BCUT2D eigenvalue weighted by atomic mass is 16.5. The molecule has 4 nitrogen and oxygen atoms in total. The Morgan fingerprint density at radius 1 is 1.46 bits per heavy atom. The fourth-order valence-electron chi connectivity index (χ4n) is 0.729. The molecule has 0 unspecified atom stereocenters. The van der Waals surface area contributed by atoms with Crippen LogP contribution in [-0.2, 0) is 14.3 Å². The minimum Gasteiger partial charge on any atom is -0.460 e. The van der Waals surface area contributed by atoms with E-state index in [1.54, 1.807) is 20.1 Å². The van der Waals surface area contributed by atoms with Gasteiger partial charge < -0.3 is 14.6 Å². The highest BCUT2D eigenvalue weighted by Gasteiger charge is 2.03. The van der Waals surface area contributed by atoms with E-state index in [1.807, 2.05) is 0 Å². The lowest BCUT2D eigenvalue weighted by Crippen LogP contribution is -2.09. The normalized spacial score (nSPS) is 11.5. The van der Waals surface area contributed by atoms with Crippen molar-refractivity contribution in [2.75, 3.05) is 26.9 Å². The van der Waals surface area contributed by atoms with Crippen LogP contribution in [0.2, 0.25) is 0 Å². The fraction of sp³-hybridized carbons (Fsp3) is 0.667. The predicted octanol–water partition coefficient (Wildman–Crippen LogP) is 0.505. The quantitative estimate of drug-likeness (QED) is 0.375. The molecule has 0 aliphatic carbocycles. The summed E-state index contributed by atoms with van der Waals surface area (Å²) in [6.07, 6.45) is 2.44. The lowest BCUT2D eigenvalue weighted by molar-refractivity contribution is -0.139. The number of carbonyl (C=O) groups is 1. The number of esters is 1. The molecule has 0 saturated carbocycles. The zero-order valence-electron chi connectivity index (χ0n) is 8.08. The molecule has 0 aromatic heterocycles. The highest BCUT2D eigenvalue weighted by molar-refractivity contribution is 5.87. The van der Waals surface area contributed by atoms with Gasteiger partial charge in [-0.2, -0.15) is 0 Å². The maximum absolute atomic E-state index is 11.1. The van der Waals surface area contributed by atoms with Gasteiger partial charge in [-0.05, 0) is 13.3 Å². The van der Waals surface area contributed by atoms with Gasteiger partial charge in [-0.1, -0.05) is 6.08 Å². The van der Waals surface area contributed by atoms with E-state index in [9.17, 15) is 4.79 Å². The summed E-state index contributed by atoms with van der Waals surface area (Å²) in [7, 11) is 1.60. The Labute approximate surface area is 78.2 Å². The van der Waals surface area contributed by atoms with Crippen LogP contribution in [0.25, 0.3) is 0 Å². The topological polar surface area (TPSA) is 55.8 Å². The van der Waals surface area contributed by atoms with Gasteiger partial charge in [0.1, 0.15) is 6.61 Å². The van der Waals surface area contributed by atoms with Crippen LogP contribution in [0.5, 0.6) is 0 Å². The van der Waals surface area contributed by atoms with Crippen molar-refractivity contribution < 1.29 is 19.4 Å². The molecule has 0 rings (SSSR count). The summed E-state index contributed by atoms with van der Waals surface area (Å²) in [6, 6.07) is 0. The summed E-state index contributed by atoms with van der Waals surface area (Å²) in [5.74, 6) is -0.384. The molecule has 0 fully saturated rings. The molecule has 1 N–H and O–H groups in total. The maximum atomic E-state index is 11.1. The first-order chi connectivity index (χ1) is 6.22. The molecule has 0 heterocycles. The van der Waals surface area contributed by atoms with Crippen LogP contribution in [0.4, 0.5) is 0 Å². The molecule has 0 aromatic carbocycles. The van der Waals surface area contributed by atoms with E-state index in [4.69, 9.17) is 9.84 Å². The van der Waals surface area contributed by atoms with E-state index in [1.165, 1.54) is 0 Å². The minimum atomic E-state index is -0.384. The Morgan fingerprint density at radius 3 is 2.69 bits per heavy atom. The van der Waals surface area contributed by atoms with Crippen LogP contribution in [0, 0.1) is 0 Å². The maximum Gasteiger partial charge on any atom is 0.333 e. The molecule has 0 aliphatic rings. The van der Waals surface area contributed by atoms with Gasteiger partial charge >= 0.3 is 5.97 Å². The summed E-state index contributed by atoms with van der Waals surface area (Å²) < 4.78 is 9.50. The molecule has 0 amide bonds. The summed E-state index contributed by atoms with van der Waals surface area (Å²) >= 11 is 0.